The Morgan fingerprint density at radius 3 is 2.71 bits per heavy atom. The monoisotopic (exact) mass is 436 g/mol. The summed E-state index contributed by atoms with van der Waals surface area (Å²) in [7, 11) is 3.03. The highest BCUT2D eigenvalue weighted by atomic mass is 127. The van der Waals surface area contributed by atoms with Crippen molar-refractivity contribution in [2.24, 2.45) is 0 Å². The number of hydrogen-bond acceptors (Lipinski definition) is 5. The van der Waals surface area contributed by atoms with Gasteiger partial charge in [0.05, 0.1) is 23.6 Å². The summed E-state index contributed by atoms with van der Waals surface area (Å²) in [5.41, 5.74) is 0.376. The first-order valence-electron chi connectivity index (χ1n) is 7.02. The molecule has 3 rings (SSSR count). The predicted molar refractivity (Wildman–Crippen MR) is 98.7 cm³/mol. The number of aromatic nitrogens is 1. The molecule has 6 nitrogen and oxygen atoms in total. The van der Waals surface area contributed by atoms with Gasteiger partial charge >= 0.3 is 11.6 Å². The summed E-state index contributed by atoms with van der Waals surface area (Å²) in [6.45, 7) is 0. The number of benzene rings is 2. The fourth-order valence-electron chi connectivity index (χ4n) is 2.21. The third-order valence-electron chi connectivity index (χ3n) is 3.52. The van der Waals surface area contributed by atoms with E-state index in [1.807, 2.05) is 12.1 Å². The SMILES string of the molecule is COc1ccc2nc(N(C)C(=O)c3ccccc3I)oc(=O)c2c1. The van der Waals surface area contributed by atoms with E-state index in [2.05, 4.69) is 27.6 Å². The van der Waals surface area contributed by atoms with Crippen LogP contribution in [0.25, 0.3) is 10.9 Å². The Kier molecular flexibility index (Phi) is 4.52. The molecule has 0 unspecified atom stereocenters. The number of carbonyl (C=O) groups excluding carboxylic acids is 1. The normalized spacial score (nSPS) is 10.6. The quantitative estimate of drug-likeness (QED) is 0.591. The fourth-order valence-corrected chi connectivity index (χ4v) is 2.83. The summed E-state index contributed by atoms with van der Waals surface area (Å²) >= 11 is 2.08. The van der Waals surface area contributed by atoms with Crippen LogP contribution in [0.3, 0.4) is 0 Å². The lowest BCUT2D eigenvalue weighted by Crippen LogP contribution is -2.28. The van der Waals surface area contributed by atoms with Crippen LogP contribution >= 0.6 is 22.6 Å². The molecule has 1 amide bonds. The highest BCUT2D eigenvalue weighted by Gasteiger charge is 2.20. The first kappa shape index (κ1) is 16.4. The van der Waals surface area contributed by atoms with E-state index in [0.29, 0.717) is 22.2 Å². The second-order valence-electron chi connectivity index (χ2n) is 5.01. The highest BCUT2D eigenvalue weighted by Crippen LogP contribution is 2.21. The van der Waals surface area contributed by atoms with Gasteiger partial charge < -0.3 is 9.15 Å². The molecule has 0 radical (unpaired) electrons. The summed E-state index contributed by atoms with van der Waals surface area (Å²) in [6.07, 6.45) is 0. The van der Waals surface area contributed by atoms with Gasteiger partial charge in [0.25, 0.3) is 5.91 Å². The standard InChI is InChI=1S/C17H13IN2O4/c1-20(15(21)11-5-3-4-6-13(11)18)17-19-14-8-7-10(23-2)9-12(14)16(22)24-17/h3-9H,1-2H3. The molecule has 0 bridgehead atoms. The number of fused-ring (bicyclic) bond motifs is 1. The molecule has 7 heteroatoms. The Bertz CT molecular complexity index is 984. The van der Waals surface area contributed by atoms with Gasteiger partial charge in [-0.2, -0.15) is 4.98 Å². The highest BCUT2D eigenvalue weighted by molar-refractivity contribution is 14.1. The summed E-state index contributed by atoms with van der Waals surface area (Å²) in [4.78, 5) is 30.3. The van der Waals surface area contributed by atoms with Crippen molar-refractivity contribution in [3.05, 3.63) is 62.0 Å². The topological polar surface area (TPSA) is 72.6 Å². The summed E-state index contributed by atoms with van der Waals surface area (Å²) in [5.74, 6) is 0.233. The van der Waals surface area contributed by atoms with Crippen LogP contribution in [0, 0.1) is 3.57 Å². The van der Waals surface area contributed by atoms with Crippen LogP contribution in [0.15, 0.2) is 51.7 Å². The third kappa shape index (κ3) is 2.99. The minimum atomic E-state index is -0.573. The van der Waals surface area contributed by atoms with Crippen LogP contribution in [0.1, 0.15) is 10.4 Å². The third-order valence-corrected chi connectivity index (χ3v) is 4.46. The molecule has 3 aromatic rings. The van der Waals surface area contributed by atoms with Gasteiger partial charge in [-0.25, -0.2) is 4.79 Å². The number of methoxy groups -OCH3 is 1. The van der Waals surface area contributed by atoms with Crippen molar-refractivity contribution >= 4 is 45.4 Å². The van der Waals surface area contributed by atoms with E-state index >= 15 is 0 Å². The average Bonchev–Trinajstić information content (AvgIpc) is 2.60. The van der Waals surface area contributed by atoms with Crippen molar-refractivity contribution in [3.8, 4) is 5.75 Å². The van der Waals surface area contributed by atoms with Crippen molar-refractivity contribution in [3.63, 3.8) is 0 Å². The zero-order valence-electron chi connectivity index (χ0n) is 12.9. The molecule has 0 atom stereocenters. The van der Waals surface area contributed by atoms with Crippen LogP contribution in [0.2, 0.25) is 0 Å². The molecule has 2 aromatic carbocycles. The van der Waals surface area contributed by atoms with Gasteiger partial charge in [0.2, 0.25) is 0 Å². The molecular formula is C17H13IN2O4. The zero-order valence-corrected chi connectivity index (χ0v) is 15.1. The number of hydrogen-bond donors (Lipinski definition) is 0. The molecule has 122 valence electrons. The molecule has 0 N–H and O–H groups in total. The van der Waals surface area contributed by atoms with Gasteiger partial charge in [0.15, 0.2) is 0 Å². The lowest BCUT2D eigenvalue weighted by atomic mass is 10.2. The molecule has 0 fully saturated rings. The van der Waals surface area contributed by atoms with Crippen LogP contribution in [-0.2, 0) is 0 Å². The van der Waals surface area contributed by atoms with E-state index in [0.717, 1.165) is 3.57 Å². The number of halogens is 1. The maximum Gasteiger partial charge on any atom is 0.348 e. The van der Waals surface area contributed by atoms with E-state index in [1.165, 1.54) is 19.1 Å². The molecule has 1 aromatic heterocycles. The summed E-state index contributed by atoms with van der Waals surface area (Å²) in [6, 6.07) is 12.0. The zero-order chi connectivity index (χ0) is 17.3. The number of rotatable bonds is 3. The van der Waals surface area contributed by atoms with Gasteiger partial charge in [0.1, 0.15) is 5.75 Å². The lowest BCUT2D eigenvalue weighted by molar-refractivity contribution is 0.0986. The molecular weight excluding hydrogens is 423 g/mol. The molecule has 0 aliphatic heterocycles. The molecule has 24 heavy (non-hydrogen) atoms. The van der Waals surface area contributed by atoms with Crippen molar-refractivity contribution in [2.45, 2.75) is 0 Å². The second-order valence-corrected chi connectivity index (χ2v) is 6.17. The molecule has 0 saturated carbocycles. The van der Waals surface area contributed by atoms with E-state index in [9.17, 15) is 9.59 Å². The van der Waals surface area contributed by atoms with Crippen LogP contribution < -0.4 is 15.3 Å². The number of carbonyl (C=O) groups is 1. The van der Waals surface area contributed by atoms with E-state index in [-0.39, 0.29) is 11.9 Å². The maximum absolute atomic E-state index is 12.6. The minimum absolute atomic E-state index is 0.0534. The predicted octanol–water partition coefficient (Wildman–Crippen LogP) is 3.08. The largest absolute Gasteiger partial charge is 0.497 e. The number of anilines is 1. The number of amides is 1. The van der Waals surface area contributed by atoms with Gasteiger partial charge in [-0.3, -0.25) is 9.69 Å². The van der Waals surface area contributed by atoms with Crippen molar-refractivity contribution in [1.29, 1.82) is 0 Å². The summed E-state index contributed by atoms with van der Waals surface area (Å²) < 4.78 is 11.1. The lowest BCUT2D eigenvalue weighted by Gasteiger charge is -2.15. The first-order valence-corrected chi connectivity index (χ1v) is 8.10. The second kappa shape index (κ2) is 6.60. The first-order chi connectivity index (χ1) is 11.5. The van der Waals surface area contributed by atoms with Crippen LogP contribution in [0.5, 0.6) is 5.75 Å². The van der Waals surface area contributed by atoms with Gasteiger partial charge in [-0.1, -0.05) is 12.1 Å². The molecule has 1 heterocycles. The van der Waals surface area contributed by atoms with E-state index in [1.54, 1.807) is 30.3 Å². The Morgan fingerprint density at radius 2 is 2.00 bits per heavy atom. The molecule has 0 aliphatic carbocycles. The molecule has 0 spiro atoms. The number of nitrogens with zero attached hydrogens (tertiary/aromatic N) is 2. The molecule has 0 aliphatic rings. The summed E-state index contributed by atoms with van der Waals surface area (Å²) in [5, 5.41) is 0.299. The van der Waals surface area contributed by atoms with Gasteiger partial charge in [-0.05, 0) is 52.9 Å². The van der Waals surface area contributed by atoms with Crippen molar-refractivity contribution in [1.82, 2.24) is 4.98 Å². The van der Waals surface area contributed by atoms with Crippen LogP contribution in [-0.4, -0.2) is 25.0 Å². The average molecular weight is 436 g/mol. The Hall–Kier alpha value is -2.42. The Balaban J connectivity index is 2.04. The van der Waals surface area contributed by atoms with E-state index in [4.69, 9.17) is 9.15 Å². The maximum atomic E-state index is 12.6. The van der Waals surface area contributed by atoms with Crippen molar-refractivity contribution < 1.29 is 13.9 Å². The van der Waals surface area contributed by atoms with Crippen LogP contribution in [0.4, 0.5) is 6.01 Å². The Labute approximate surface area is 151 Å². The Morgan fingerprint density at radius 1 is 1.25 bits per heavy atom. The van der Waals surface area contributed by atoms with Gasteiger partial charge in [-0.15, -0.1) is 0 Å². The fraction of sp³-hybridized carbons (Fsp3) is 0.118. The number of ether oxygens (including phenoxy) is 1. The smallest absolute Gasteiger partial charge is 0.348 e. The molecule has 0 saturated heterocycles. The van der Waals surface area contributed by atoms with Crippen molar-refractivity contribution in [2.75, 3.05) is 19.1 Å². The van der Waals surface area contributed by atoms with Gasteiger partial charge in [0, 0.05) is 10.6 Å². The minimum Gasteiger partial charge on any atom is -0.497 e. The van der Waals surface area contributed by atoms with E-state index < -0.39 is 5.63 Å².